The van der Waals surface area contributed by atoms with Crippen molar-refractivity contribution >= 4 is 11.8 Å². The van der Waals surface area contributed by atoms with Gasteiger partial charge in [0.25, 0.3) is 0 Å². The third-order valence-corrected chi connectivity index (χ3v) is 5.73. The summed E-state index contributed by atoms with van der Waals surface area (Å²) in [6, 6.07) is 16.5. The van der Waals surface area contributed by atoms with E-state index in [0.29, 0.717) is 23.7 Å². The first-order chi connectivity index (χ1) is 15.1. The van der Waals surface area contributed by atoms with Gasteiger partial charge in [0.2, 0.25) is 5.88 Å². The Balaban J connectivity index is 1.35. The Morgan fingerprint density at radius 2 is 1.94 bits per heavy atom. The predicted octanol–water partition coefficient (Wildman–Crippen LogP) is 4.66. The second-order valence-electron chi connectivity index (χ2n) is 7.92. The lowest BCUT2D eigenvalue weighted by molar-refractivity contribution is 0.343. The van der Waals surface area contributed by atoms with Gasteiger partial charge < -0.3 is 14.7 Å². The molecular weight excluding hydrogens is 393 g/mol. The number of likely N-dealkylation sites (tertiary alicyclic amines) is 1. The molecular formula is C24H28FN5O. The molecule has 1 saturated heterocycles. The minimum atomic E-state index is -0.263. The van der Waals surface area contributed by atoms with Gasteiger partial charge >= 0.3 is 0 Å². The van der Waals surface area contributed by atoms with Crippen LogP contribution in [0.4, 0.5) is 10.3 Å². The fourth-order valence-electron chi connectivity index (χ4n) is 3.89. The van der Waals surface area contributed by atoms with Crippen LogP contribution in [0.3, 0.4) is 0 Å². The third-order valence-electron chi connectivity index (χ3n) is 5.73. The standard InChI is InChI=1S/C24H28FN5O/c1-17(19-9-10-20(21(25)15-19)18-7-3-2-4-8-18)22-16-23(31-29-22)28-24(26)27-11-14-30-12-5-6-13-30/h2-4,7-10,15-17H,5-6,11-14H2,1H3,(H3,26,27,28). The molecule has 0 spiro atoms. The number of nitrogens with zero attached hydrogens (tertiary/aromatic N) is 2. The van der Waals surface area contributed by atoms with E-state index < -0.39 is 0 Å². The number of hydrogen-bond acceptors (Lipinski definition) is 4. The van der Waals surface area contributed by atoms with Crippen LogP contribution in [-0.4, -0.2) is 42.2 Å². The van der Waals surface area contributed by atoms with Crippen LogP contribution in [0.25, 0.3) is 11.1 Å². The molecule has 6 nitrogen and oxygen atoms in total. The van der Waals surface area contributed by atoms with Gasteiger partial charge in [-0.1, -0.05) is 54.5 Å². The largest absolute Gasteiger partial charge is 0.355 e. The van der Waals surface area contributed by atoms with Crippen molar-refractivity contribution < 1.29 is 8.91 Å². The minimum absolute atomic E-state index is 0.143. The molecule has 1 aliphatic heterocycles. The Kier molecular flexibility index (Phi) is 6.62. The number of rotatable bonds is 7. The lowest BCUT2D eigenvalue weighted by Gasteiger charge is -2.15. The van der Waals surface area contributed by atoms with Gasteiger partial charge in [0.1, 0.15) is 5.82 Å². The Morgan fingerprint density at radius 1 is 1.16 bits per heavy atom. The van der Waals surface area contributed by atoms with Gasteiger partial charge in [-0.3, -0.25) is 10.7 Å². The van der Waals surface area contributed by atoms with Crippen LogP contribution in [0, 0.1) is 11.2 Å². The SMILES string of the molecule is CC(c1ccc(-c2ccccc2)c(F)c1)c1cc(NC(=N)NCCN2CCCC2)on1. The van der Waals surface area contributed by atoms with Gasteiger partial charge in [0.05, 0.1) is 5.69 Å². The van der Waals surface area contributed by atoms with Crippen LogP contribution in [0.5, 0.6) is 0 Å². The molecule has 31 heavy (non-hydrogen) atoms. The van der Waals surface area contributed by atoms with Crippen molar-refractivity contribution in [1.82, 2.24) is 15.4 Å². The first-order valence-electron chi connectivity index (χ1n) is 10.7. The van der Waals surface area contributed by atoms with E-state index in [-0.39, 0.29) is 17.7 Å². The van der Waals surface area contributed by atoms with Crippen LogP contribution < -0.4 is 10.6 Å². The number of anilines is 1. The fourth-order valence-corrected chi connectivity index (χ4v) is 3.89. The normalized spacial score (nSPS) is 15.0. The summed E-state index contributed by atoms with van der Waals surface area (Å²) < 4.78 is 20.1. The molecule has 2 aromatic carbocycles. The summed E-state index contributed by atoms with van der Waals surface area (Å²) in [5.74, 6) is 0.159. The minimum Gasteiger partial charge on any atom is -0.355 e. The second-order valence-corrected chi connectivity index (χ2v) is 7.92. The van der Waals surface area contributed by atoms with Crippen LogP contribution in [0.2, 0.25) is 0 Å². The molecule has 1 unspecified atom stereocenters. The van der Waals surface area contributed by atoms with Crippen molar-refractivity contribution in [3.8, 4) is 11.1 Å². The van der Waals surface area contributed by atoms with Crippen molar-refractivity contribution in [3.63, 3.8) is 0 Å². The molecule has 4 rings (SSSR count). The van der Waals surface area contributed by atoms with Crippen molar-refractivity contribution in [1.29, 1.82) is 5.41 Å². The van der Waals surface area contributed by atoms with E-state index in [1.165, 1.54) is 12.8 Å². The molecule has 1 aliphatic rings. The molecule has 1 atom stereocenters. The average Bonchev–Trinajstić information content (AvgIpc) is 3.46. The molecule has 0 amide bonds. The number of halogens is 1. The Labute approximate surface area is 182 Å². The van der Waals surface area contributed by atoms with E-state index in [0.717, 1.165) is 30.8 Å². The first-order valence-corrected chi connectivity index (χ1v) is 10.7. The number of nitrogens with one attached hydrogen (secondary N) is 3. The highest BCUT2D eigenvalue weighted by molar-refractivity contribution is 5.89. The maximum absolute atomic E-state index is 14.7. The lowest BCUT2D eigenvalue weighted by Crippen LogP contribution is -2.36. The van der Waals surface area contributed by atoms with Crippen molar-refractivity contribution in [2.75, 3.05) is 31.5 Å². The number of benzene rings is 2. The van der Waals surface area contributed by atoms with Crippen LogP contribution in [-0.2, 0) is 0 Å². The molecule has 1 fully saturated rings. The second kappa shape index (κ2) is 9.75. The molecule has 0 bridgehead atoms. The van der Waals surface area contributed by atoms with E-state index in [1.54, 1.807) is 18.2 Å². The zero-order valence-corrected chi connectivity index (χ0v) is 17.7. The number of guanidine groups is 1. The van der Waals surface area contributed by atoms with Gasteiger partial charge in [-0.15, -0.1) is 0 Å². The zero-order valence-electron chi connectivity index (χ0n) is 17.7. The summed E-state index contributed by atoms with van der Waals surface area (Å²) in [6.07, 6.45) is 2.52. The molecule has 2 heterocycles. The Morgan fingerprint density at radius 3 is 2.68 bits per heavy atom. The fraction of sp³-hybridized carbons (Fsp3) is 0.333. The van der Waals surface area contributed by atoms with Crippen molar-refractivity contribution in [3.05, 3.63) is 71.7 Å². The highest BCUT2D eigenvalue weighted by atomic mass is 19.1. The van der Waals surface area contributed by atoms with Crippen molar-refractivity contribution in [2.45, 2.75) is 25.7 Å². The Bertz CT molecular complexity index is 1010. The predicted molar refractivity (Wildman–Crippen MR) is 121 cm³/mol. The van der Waals surface area contributed by atoms with Gasteiger partial charge in [-0.05, 0) is 43.1 Å². The summed E-state index contributed by atoms with van der Waals surface area (Å²) in [7, 11) is 0. The molecule has 0 saturated carbocycles. The highest BCUT2D eigenvalue weighted by Gasteiger charge is 2.17. The van der Waals surface area contributed by atoms with E-state index >= 15 is 0 Å². The first kappa shape index (κ1) is 21.1. The Hall–Kier alpha value is -3.19. The maximum atomic E-state index is 14.7. The molecule has 3 N–H and O–H groups in total. The lowest BCUT2D eigenvalue weighted by atomic mass is 9.95. The molecule has 3 aromatic rings. The molecule has 1 aromatic heterocycles. The van der Waals surface area contributed by atoms with Gasteiger partial charge in [0, 0.05) is 30.6 Å². The topological polar surface area (TPSA) is 77.2 Å². The van der Waals surface area contributed by atoms with Gasteiger partial charge in [-0.25, -0.2) is 4.39 Å². The van der Waals surface area contributed by atoms with Crippen molar-refractivity contribution in [2.24, 2.45) is 0 Å². The van der Waals surface area contributed by atoms with Gasteiger partial charge in [0.15, 0.2) is 5.96 Å². The third kappa shape index (κ3) is 5.30. The highest BCUT2D eigenvalue weighted by Crippen LogP contribution is 2.30. The quantitative estimate of drug-likeness (QED) is 0.382. The van der Waals surface area contributed by atoms with E-state index in [1.807, 2.05) is 43.3 Å². The smallest absolute Gasteiger partial charge is 0.231 e. The van der Waals surface area contributed by atoms with Crippen LogP contribution >= 0.6 is 0 Å². The van der Waals surface area contributed by atoms with Crippen LogP contribution in [0.1, 0.15) is 36.9 Å². The summed E-state index contributed by atoms with van der Waals surface area (Å²) in [5.41, 5.74) is 2.92. The maximum Gasteiger partial charge on any atom is 0.231 e. The molecule has 0 aliphatic carbocycles. The summed E-state index contributed by atoms with van der Waals surface area (Å²) >= 11 is 0. The number of hydrogen-bond donors (Lipinski definition) is 3. The van der Waals surface area contributed by atoms with Gasteiger partial charge in [-0.2, -0.15) is 0 Å². The molecule has 7 heteroatoms. The zero-order chi connectivity index (χ0) is 21.6. The summed E-state index contributed by atoms with van der Waals surface area (Å²) in [5, 5.41) is 18.1. The monoisotopic (exact) mass is 421 g/mol. The van der Waals surface area contributed by atoms with Crippen LogP contribution in [0.15, 0.2) is 59.1 Å². The molecule has 162 valence electrons. The summed E-state index contributed by atoms with van der Waals surface area (Å²) in [6.45, 7) is 5.86. The number of aromatic nitrogens is 1. The van der Waals surface area contributed by atoms with E-state index in [4.69, 9.17) is 9.93 Å². The van der Waals surface area contributed by atoms with E-state index in [2.05, 4.69) is 20.7 Å². The van der Waals surface area contributed by atoms with E-state index in [9.17, 15) is 4.39 Å². The summed E-state index contributed by atoms with van der Waals surface area (Å²) in [4.78, 5) is 2.39. The average molecular weight is 422 g/mol. The molecule has 0 radical (unpaired) electrons.